The molecule has 1 aliphatic carbocycles. The lowest BCUT2D eigenvalue weighted by Crippen LogP contribution is -2.53. The van der Waals surface area contributed by atoms with Crippen LogP contribution in [0.5, 0.6) is 0 Å². The van der Waals surface area contributed by atoms with Crippen LogP contribution in [0.1, 0.15) is 46.0 Å². The van der Waals surface area contributed by atoms with Gasteiger partial charge in [-0.25, -0.2) is 9.59 Å². The Hall–Kier alpha value is -1.30. The summed E-state index contributed by atoms with van der Waals surface area (Å²) < 4.78 is 0. The van der Waals surface area contributed by atoms with E-state index in [9.17, 15) is 14.7 Å². The third-order valence-electron chi connectivity index (χ3n) is 3.63. The Bertz CT molecular complexity index is 320. The van der Waals surface area contributed by atoms with Crippen molar-refractivity contribution < 1.29 is 19.8 Å². The predicted molar refractivity (Wildman–Crippen MR) is 70.8 cm³/mol. The quantitative estimate of drug-likeness (QED) is 0.576. The summed E-state index contributed by atoms with van der Waals surface area (Å²) in [7, 11) is 0. The highest BCUT2D eigenvalue weighted by Gasteiger charge is 2.26. The molecular weight excluding hydrogens is 248 g/mol. The Morgan fingerprint density at radius 2 is 1.89 bits per heavy atom. The molecule has 6 nitrogen and oxygen atoms in total. The maximum Gasteiger partial charge on any atom is 0.328 e. The van der Waals surface area contributed by atoms with Crippen LogP contribution >= 0.6 is 0 Å². The number of aliphatic carboxylic acids is 1. The van der Waals surface area contributed by atoms with Crippen LogP contribution in [-0.2, 0) is 4.79 Å². The molecule has 0 aromatic rings. The molecule has 6 heteroatoms. The highest BCUT2D eigenvalue weighted by molar-refractivity contribution is 5.83. The molecule has 0 bridgehead atoms. The topological polar surface area (TPSA) is 98.7 Å². The summed E-state index contributed by atoms with van der Waals surface area (Å²) in [6, 6.07) is -1.70. The largest absolute Gasteiger partial charge is 0.480 e. The highest BCUT2D eigenvalue weighted by Crippen LogP contribution is 2.22. The van der Waals surface area contributed by atoms with Crippen molar-refractivity contribution in [1.82, 2.24) is 10.6 Å². The molecule has 0 spiro atoms. The first-order valence-corrected chi connectivity index (χ1v) is 6.88. The van der Waals surface area contributed by atoms with Gasteiger partial charge in [0.25, 0.3) is 0 Å². The fraction of sp³-hybridized carbons (Fsp3) is 0.846. The first-order valence-electron chi connectivity index (χ1n) is 6.88. The zero-order chi connectivity index (χ0) is 14.4. The molecule has 2 unspecified atom stereocenters. The van der Waals surface area contributed by atoms with Gasteiger partial charge in [-0.3, -0.25) is 0 Å². The summed E-state index contributed by atoms with van der Waals surface area (Å²) in [5.74, 6) is -0.557. The Labute approximate surface area is 113 Å². The van der Waals surface area contributed by atoms with E-state index in [2.05, 4.69) is 17.6 Å². The first-order chi connectivity index (χ1) is 8.90. The van der Waals surface area contributed by atoms with Crippen LogP contribution < -0.4 is 10.6 Å². The fourth-order valence-corrected chi connectivity index (χ4v) is 2.39. The van der Waals surface area contributed by atoms with Crippen LogP contribution in [-0.4, -0.2) is 40.4 Å². The number of nitrogens with one attached hydrogen (secondary N) is 2. The van der Waals surface area contributed by atoms with Crippen LogP contribution in [0, 0.1) is 5.92 Å². The lowest BCUT2D eigenvalue weighted by atomic mass is 10.0. The molecule has 110 valence electrons. The van der Waals surface area contributed by atoms with Crippen molar-refractivity contribution in [2.24, 2.45) is 5.92 Å². The van der Waals surface area contributed by atoms with Crippen molar-refractivity contribution >= 4 is 12.0 Å². The van der Waals surface area contributed by atoms with Gasteiger partial charge in [-0.05, 0) is 32.1 Å². The maximum absolute atomic E-state index is 11.7. The molecule has 4 N–H and O–H groups in total. The van der Waals surface area contributed by atoms with Crippen molar-refractivity contribution in [1.29, 1.82) is 0 Å². The number of carboxylic acid groups (broad SMARTS) is 1. The number of rotatable bonds is 4. The van der Waals surface area contributed by atoms with Crippen molar-refractivity contribution in [3.63, 3.8) is 0 Å². The standard InChI is InChI=1S/C13H24N2O4/c1-8-4-3-5-10(7-6-8)14-13(19)15-11(9(2)16)12(17)18/h8-11,16H,3-7H2,1-2H3,(H,17,18)(H2,14,15,19)/t8?,9-,10?,11+/m1/s1. The number of urea groups is 1. The monoisotopic (exact) mass is 272 g/mol. The molecule has 2 amide bonds. The molecule has 1 saturated carbocycles. The van der Waals surface area contributed by atoms with Crippen LogP contribution in [0.4, 0.5) is 4.79 Å². The summed E-state index contributed by atoms with van der Waals surface area (Å²) in [6.45, 7) is 3.54. The molecule has 4 atom stereocenters. The second kappa shape index (κ2) is 7.33. The molecule has 0 radical (unpaired) electrons. The van der Waals surface area contributed by atoms with Gasteiger partial charge in [-0.15, -0.1) is 0 Å². The summed E-state index contributed by atoms with van der Waals surface area (Å²) in [5.41, 5.74) is 0. The minimum absolute atomic E-state index is 0.0911. The number of hydrogen-bond donors (Lipinski definition) is 4. The van der Waals surface area contributed by atoms with Gasteiger partial charge in [-0.1, -0.05) is 19.8 Å². The third-order valence-corrected chi connectivity index (χ3v) is 3.63. The van der Waals surface area contributed by atoms with Crippen LogP contribution in [0.2, 0.25) is 0 Å². The molecule has 0 aliphatic heterocycles. The Morgan fingerprint density at radius 1 is 1.21 bits per heavy atom. The number of aliphatic hydroxyl groups is 1. The maximum atomic E-state index is 11.7. The Balaban J connectivity index is 2.43. The number of carboxylic acids is 1. The number of amides is 2. The van der Waals surface area contributed by atoms with Crippen molar-refractivity contribution in [3.05, 3.63) is 0 Å². The summed E-state index contributed by atoms with van der Waals surface area (Å²) in [5, 5.41) is 23.3. The minimum Gasteiger partial charge on any atom is -0.480 e. The zero-order valence-electron chi connectivity index (χ0n) is 11.6. The zero-order valence-corrected chi connectivity index (χ0v) is 11.6. The fourth-order valence-electron chi connectivity index (χ4n) is 2.39. The lowest BCUT2D eigenvalue weighted by molar-refractivity contribution is -0.141. The van der Waals surface area contributed by atoms with E-state index >= 15 is 0 Å². The average Bonchev–Trinajstić information content (AvgIpc) is 2.50. The van der Waals surface area contributed by atoms with Gasteiger partial charge in [0, 0.05) is 6.04 Å². The predicted octanol–water partition coefficient (Wildman–Crippen LogP) is 1.09. The van der Waals surface area contributed by atoms with Gasteiger partial charge in [-0.2, -0.15) is 0 Å². The van der Waals surface area contributed by atoms with E-state index < -0.39 is 24.1 Å². The molecule has 1 rings (SSSR count). The van der Waals surface area contributed by atoms with Crippen LogP contribution in [0.25, 0.3) is 0 Å². The van der Waals surface area contributed by atoms with Gasteiger partial charge < -0.3 is 20.8 Å². The molecule has 0 heterocycles. The summed E-state index contributed by atoms with van der Waals surface area (Å²) in [4.78, 5) is 22.6. The molecule has 0 aromatic carbocycles. The Morgan fingerprint density at radius 3 is 2.47 bits per heavy atom. The van der Waals surface area contributed by atoms with E-state index in [4.69, 9.17) is 5.11 Å². The van der Waals surface area contributed by atoms with E-state index in [0.29, 0.717) is 5.92 Å². The van der Waals surface area contributed by atoms with Gasteiger partial charge in [0.1, 0.15) is 0 Å². The van der Waals surface area contributed by atoms with Crippen molar-refractivity contribution in [3.8, 4) is 0 Å². The van der Waals surface area contributed by atoms with Gasteiger partial charge in [0.05, 0.1) is 6.10 Å². The van der Waals surface area contributed by atoms with E-state index in [1.807, 2.05) is 0 Å². The number of hydrogen-bond acceptors (Lipinski definition) is 3. The second-order valence-electron chi connectivity index (χ2n) is 5.48. The molecule has 1 fully saturated rings. The van der Waals surface area contributed by atoms with Gasteiger partial charge in [0.2, 0.25) is 0 Å². The van der Waals surface area contributed by atoms with E-state index in [1.54, 1.807) is 0 Å². The number of carbonyl (C=O) groups excluding carboxylic acids is 1. The van der Waals surface area contributed by atoms with Gasteiger partial charge in [0.15, 0.2) is 6.04 Å². The number of aliphatic hydroxyl groups excluding tert-OH is 1. The number of carbonyl (C=O) groups is 2. The molecule has 0 aromatic heterocycles. The molecule has 0 saturated heterocycles. The molecule has 1 aliphatic rings. The average molecular weight is 272 g/mol. The van der Waals surface area contributed by atoms with Gasteiger partial charge >= 0.3 is 12.0 Å². The normalized spacial score (nSPS) is 26.9. The van der Waals surface area contributed by atoms with Crippen LogP contribution in [0.15, 0.2) is 0 Å². The second-order valence-corrected chi connectivity index (χ2v) is 5.48. The minimum atomic E-state index is -1.27. The van der Waals surface area contributed by atoms with E-state index in [0.717, 1.165) is 25.7 Å². The highest BCUT2D eigenvalue weighted by atomic mass is 16.4. The smallest absolute Gasteiger partial charge is 0.328 e. The van der Waals surface area contributed by atoms with Crippen LogP contribution in [0.3, 0.4) is 0 Å². The van der Waals surface area contributed by atoms with E-state index in [-0.39, 0.29) is 6.04 Å². The Kier molecular flexibility index (Phi) is 6.08. The summed E-state index contributed by atoms with van der Waals surface area (Å²) in [6.07, 6.45) is 4.03. The van der Waals surface area contributed by atoms with Crippen molar-refractivity contribution in [2.75, 3.05) is 0 Å². The molecule has 19 heavy (non-hydrogen) atoms. The first kappa shape index (κ1) is 15.8. The SMILES string of the molecule is CC1CCCC(NC(=O)N[C@H](C(=O)O)[C@@H](C)O)CC1. The third kappa shape index (κ3) is 5.46. The summed E-state index contributed by atoms with van der Waals surface area (Å²) >= 11 is 0. The van der Waals surface area contributed by atoms with Crippen molar-refractivity contribution in [2.45, 2.75) is 64.1 Å². The molecular formula is C13H24N2O4. The van der Waals surface area contributed by atoms with E-state index in [1.165, 1.54) is 13.3 Å². The lowest BCUT2D eigenvalue weighted by Gasteiger charge is -2.21.